The van der Waals surface area contributed by atoms with Gasteiger partial charge in [-0.05, 0) is 31.2 Å². The zero-order valence-corrected chi connectivity index (χ0v) is 16.2. The molecule has 144 valence electrons. The summed E-state index contributed by atoms with van der Waals surface area (Å²) in [6.45, 7) is 1.94. The Balaban J connectivity index is 2.23. The van der Waals surface area contributed by atoms with Crippen LogP contribution in [0.5, 0.6) is 17.4 Å². The average molecular weight is 379 g/mol. The zero-order chi connectivity index (χ0) is 20.3. The van der Waals surface area contributed by atoms with Crippen LogP contribution in [0.2, 0.25) is 0 Å². The topological polar surface area (TPSA) is 78.5 Å². The smallest absolute Gasteiger partial charge is 0.279 e. The summed E-state index contributed by atoms with van der Waals surface area (Å²) in [5, 5.41) is 10.7. The van der Waals surface area contributed by atoms with E-state index >= 15 is 0 Å². The first-order chi connectivity index (χ1) is 13.5. The van der Waals surface area contributed by atoms with Crippen molar-refractivity contribution in [2.24, 2.45) is 7.05 Å². The summed E-state index contributed by atoms with van der Waals surface area (Å²) in [4.78, 5) is 17.4. The third-order valence-corrected chi connectivity index (χ3v) is 4.40. The average Bonchev–Trinajstić information content (AvgIpc) is 2.91. The van der Waals surface area contributed by atoms with Gasteiger partial charge in [-0.1, -0.05) is 12.0 Å². The molecule has 2 aromatic heterocycles. The lowest BCUT2D eigenvalue weighted by molar-refractivity contribution is 0.386. The predicted molar refractivity (Wildman–Crippen MR) is 106 cm³/mol. The second kappa shape index (κ2) is 7.92. The molecule has 0 aliphatic rings. The summed E-state index contributed by atoms with van der Waals surface area (Å²) < 4.78 is 13.8. The number of methoxy groups -OCH3 is 2. The van der Waals surface area contributed by atoms with Crippen LogP contribution in [-0.4, -0.2) is 33.7 Å². The molecule has 2 heterocycles. The number of nitrogens with zero attached hydrogens (tertiary/aromatic N) is 3. The van der Waals surface area contributed by atoms with E-state index in [4.69, 9.17) is 9.47 Å². The van der Waals surface area contributed by atoms with E-state index in [9.17, 15) is 9.90 Å². The van der Waals surface area contributed by atoms with Gasteiger partial charge in [0.1, 0.15) is 17.1 Å². The van der Waals surface area contributed by atoms with Gasteiger partial charge in [0.15, 0.2) is 0 Å². The van der Waals surface area contributed by atoms with Crippen molar-refractivity contribution in [2.45, 2.75) is 13.5 Å². The molecule has 7 nitrogen and oxygen atoms in total. The highest BCUT2D eigenvalue weighted by Gasteiger charge is 2.26. The second-order valence-corrected chi connectivity index (χ2v) is 6.04. The molecule has 0 spiro atoms. The van der Waals surface area contributed by atoms with Crippen LogP contribution in [0, 0.1) is 11.8 Å². The molecule has 0 aliphatic carbocycles. The quantitative estimate of drug-likeness (QED) is 0.689. The molecular formula is C21H21N3O4. The van der Waals surface area contributed by atoms with Gasteiger partial charge >= 0.3 is 0 Å². The van der Waals surface area contributed by atoms with E-state index in [0.29, 0.717) is 28.3 Å². The van der Waals surface area contributed by atoms with Gasteiger partial charge in [-0.25, -0.2) is 4.68 Å². The van der Waals surface area contributed by atoms with Crippen molar-refractivity contribution in [3.05, 3.63) is 58.1 Å². The van der Waals surface area contributed by atoms with Gasteiger partial charge in [-0.2, -0.15) is 0 Å². The lowest BCUT2D eigenvalue weighted by atomic mass is 10.0. The van der Waals surface area contributed by atoms with Gasteiger partial charge in [0, 0.05) is 18.8 Å². The lowest BCUT2D eigenvalue weighted by Crippen LogP contribution is -2.23. The molecule has 0 radical (unpaired) electrons. The number of pyridine rings is 1. The minimum atomic E-state index is -0.378. The molecule has 7 heteroatoms. The molecular weight excluding hydrogens is 358 g/mol. The van der Waals surface area contributed by atoms with E-state index in [0.717, 1.165) is 0 Å². The van der Waals surface area contributed by atoms with Crippen LogP contribution in [0.3, 0.4) is 0 Å². The summed E-state index contributed by atoms with van der Waals surface area (Å²) >= 11 is 0. The van der Waals surface area contributed by atoms with Crippen LogP contribution in [0.1, 0.15) is 18.2 Å². The van der Waals surface area contributed by atoms with Crippen LogP contribution in [0.4, 0.5) is 0 Å². The Bertz CT molecular complexity index is 1090. The Labute approximate surface area is 162 Å². The molecule has 3 rings (SSSR count). The van der Waals surface area contributed by atoms with Gasteiger partial charge in [0.05, 0.1) is 32.0 Å². The first-order valence-electron chi connectivity index (χ1n) is 8.59. The minimum absolute atomic E-state index is 0.100. The van der Waals surface area contributed by atoms with Crippen molar-refractivity contribution in [3.8, 4) is 40.3 Å². The fourth-order valence-corrected chi connectivity index (χ4v) is 3.05. The number of hydrogen-bond donors (Lipinski definition) is 1. The summed E-state index contributed by atoms with van der Waals surface area (Å²) in [7, 11) is 4.60. The predicted octanol–water partition coefficient (Wildman–Crippen LogP) is 2.39. The first kappa shape index (κ1) is 19.1. The lowest BCUT2D eigenvalue weighted by Gasteiger charge is -2.13. The largest absolute Gasteiger partial charge is 0.496 e. The van der Waals surface area contributed by atoms with E-state index < -0.39 is 0 Å². The first-order valence-corrected chi connectivity index (χ1v) is 8.59. The molecule has 3 aromatic rings. The molecule has 0 amide bonds. The van der Waals surface area contributed by atoms with Crippen LogP contribution in [0.15, 0.2) is 41.3 Å². The molecule has 0 atom stereocenters. The SMILES string of the molecule is CC#Cc1cc(OC)c(-c2c(O)n(C)n(Cc3ccccn3)c2=O)c(OC)c1. The molecule has 1 aromatic carbocycles. The normalized spacial score (nSPS) is 10.3. The summed E-state index contributed by atoms with van der Waals surface area (Å²) in [6, 6.07) is 8.88. The molecule has 0 saturated heterocycles. The maximum Gasteiger partial charge on any atom is 0.279 e. The van der Waals surface area contributed by atoms with Crippen molar-refractivity contribution in [3.63, 3.8) is 0 Å². The Morgan fingerprint density at radius 1 is 1.14 bits per heavy atom. The summed E-state index contributed by atoms with van der Waals surface area (Å²) in [5.74, 6) is 6.36. The third kappa shape index (κ3) is 3.32. The number of benzene rings is 1. The number of aromatic hydroxyl groups is 1. The van der Waals surface area contributed by atoms with Crippen molar-refractivity contribution >= 4 is 0 Å². The highest BCUT2D eigenvalue weighted by atomic mass is 16.5. The molecule has 1 N–H and O–H groups in total. The fraction of sp³-hybridized carbons (Fsp3) is 0.238. The molecule has 0 aliphatic heterocycles. The summed E-state index contributed by atoms with van der Waals surface area (Å²) in [6.07, 6.45) is 1.66. The Morgan fingerprint density at radius 3 is 2.36 bits per heavy atom. The zero-order valence-electron chi connectivity index (χ0n) is 16.2. The monoisotopic (exact) mass is 379 g/mol. The van der Waals surface area contributed by atoms with Gasteiger partial charge in [-0.15, -0.1) is 5.92 Å². The van der Waals surface area contributed by atoms with Crippen molar-refractivity contribution < 1.29 is 14.6 Å². The van der Waals surface area contributed by atoms with E-state index in [1.807, 2.05) is 12.1 Å². The third-order valence-electron chi connectivity index (χ3n) is 4.40. The number of aromatic nitrogens is 3. The van der Waals surface area contributed by atoms with E-state index in [1.165, 1.54) is 23.6 Å². The van der Waals surface area contributed by atoms with Gasteiger partial charge in [0.2, 0.25) is 5.88 Å². The van der Waals surface area contributed by atoms with E-state index in [1.54, 1.807) is 38.4 Å². The minimum Gasteiger partial charge on any atom is -0.496 e. The van der Waals surface area contributed by atoms with Crippen LogP contribution in [-0.2, 0) is 13.6 Å². The highest BCUT2D eigenvalue weighted by Crippen LogP contribution is 2.41. The number of rotatable bonds is 5. The van der Waals surface area contributed by atoms with Gasteiger partial charge < -0.3 is 14.6 Å². The van der Waals surface area contributed by atoms with Crippen molar-refractivity contribution in [2.75, 3.05) is 14.2 Å². The van der Waals surface area contributed by atoms with Gasteiger partial charge in [-0.3, -0.25) is 14.5 Å². The molecule has 0 fully saturated rings. The van der Waals surface area contributed by atoms with Crippen molar-refractivity contribution in [1.82, 2.24) is 14.3 Å². The fourth-order valence-electron chi connectivity index (χ4n) is 3.05. The summed E-state index contributed by atoms with van der Waals surface area (Å²) in [5.41, 5.74) is 1.48. The van der Waals surface area contributed by atoms with Crippen LogP contribution >= 0.6 is 0 Å². The molecule has 0 saturated carbocycles. The highest BCUT2D eigenvalue weighted by molar-refractivity contribution is 5.81. The maximum absolute atomic E-state index is 13.2. The van der Waals surface area contributed by atoms with Gasteiger partial charge in [0.25, 0.3) is 5.56 Å². The number of hydrogen-bond acceptors (Lipinski definition) is 5. The van der Waals surface area contributed by atoms with E-state index in [2.05, 4.69) is 16.8 Å². The van der Waals surface area contributed by atoms with E-state index in [-0.39, 0.29) is 23.5 Å². The Hall–Kier alpha value is -3.66. The van der Waals surface area contributed by atoms with Crippen LogP contribution < -0.4 is 15.0 Å². The van der Waals surface area contributed by atoms with Crippen LogP contribution in [0.25, 0.3) is 11.1 Å². The molecule has 28 heavy (non-hydrogen) atoms. The Kier molecular flexibility index (Phi) is 5.41. The standard InChI is InChI=1S/C21H21N3O4/c1-5-8-14-11-16(27-3)18(17(12-14)28-4)19-20(25)23(2)24(21(19)26)13-15-9-6-7-10-22-15/h6-7,9-12,25H,13H2,1-4H3. The molecule has 0 bridgehead atoms. The maximum atomic E-state index is 13.2. The molecule has 0 unspecified atom stereocenters. The van der Waals surface area contributed by atoms with Crippen molar-refractivity contribution in [1.29, 1.82) is 0 Å². The Morgan fingerprint density at radius 2 is 1.82 bits per heavy atom. The second-order valence-electron chi connectivity index (χ2n) is 6.04. The number of ether oxygens (including phenoxy) is 2.